The second-order valence-corrected chi connectivity index (χ2v) is 7.23. The van der Waals surface area contributed by atoms with E-state index in [0.717, 1.165) is 0 Å². The van der Waals surface area contributed by atoms with Crippen molar-refractivity contribution in [1.82, 2.24) is 29.7 Å². The number of hydrogen-bond donors (Lipinski definition) is 1. The minimum atomic E-state index is -2.98. The maximum atomic E-state index is 12.8. The Hall–Kier alpha value is -3.72. The van der Waals surface area contributed by atoms with Crippen LogP contribution in [0.5, 0.6) is 5.75 Å². The molecule has 1 atom stereocenters. The van der Waals surface area contributed by atoms with Gasteiger partial charge in [0.2, 0.25) is 0 Å². The molecule has 0 radical (unpaired) electrons. The molecule has 0 aliphatic rings. The smallest absolute Gasteiger partial charge is 0.387 e. The normalized spacial score (nSPS) is 12.0. The molecule has 0 saturated heterocycles. The number of fused-ring (bicyclic) bond motifs is 1. The molecule has 156 valence electrons. The second kappa shape index (κ2) is 8.57. The van der Waals surface area contributed by atoms with Crippen molar-refractivity contribution in [3.63, 3.8) is 0 Å². The van der Waals surface area contributed by atoms with Crippen LogP contribution in [0.2, 0.25) is 0 Å². The Morgan fingerprint density at radius 2 is 2.00 bits per heavy atom. The Morgan fingerprint density at radius 3 is 2.71 bits per heavy atom. The van der Waals surface area contributed by atoms with E-state index in [-0.39, 0.29) is 11.3 Å². The summed E-state index contributed by atoms with van der Waals surface area (Å²) in [6.45, 7) is -1.14. The Labute approximate surface area is 182 Å². The fourth-order valence-corrected chi connectivity index (χ4v) is 3.41. The van der Waals surface area contributed by atoms with E-state index in [0.29, 0.717) is 32.9 Å². The number of nitrogens with zero attached hydrogens (tertiary/aromatic N) is 7. The molecule has 0 aliphatic carbocycles. The third-order valence-electron chi connectivity index (χ3n) is 4.29. The van der Waals surface area contributed by atoms with Gasteiger partial charge in [-0.1, -0.05) is 15.9 Å². The predicted octanol–water partition coefficient (Wildman–Crippen LogP) is 4.01. The van der Waals surface area contributed by atoms with E-state index >= 15 is 0 Å². The van der Waals surface area contributed by atoms with Gasteiger partial charge in [0.25, 0.3) is 0 Å². The van der Waals surface area contributed by atoms with Gasteiger partial charge in [-0.3, -0.25) is 0 Å². The Bertz CT molecular complexity index is 1270. The van der Waals surface area contributed by atoms with Crippen molar-refractivity contribution < 1.29 is 13.5 Å². The SMILES string of the molecule is CC(Nc1ncnc2c(OC(F)F)cc(Br)cc12)c1ncnn1-c1ccc(C#N)cn1. The Morgan fingerprint density at radius 1 is 1.16 bits per heavy atom. The summed E-state index contributed by atoms with van der Waals surface area (Å²) < 4.78 is 32.2. The average Bonchev–Trinajstić information content (AvgIpc) is 3.24. The van der Waals surface area contributed by atoms with E-state index in [1.54, 1.807) is 18.2 Å². The Kier molecular flexibility index (Phi) is 5.68. The number of rotatable bonds is 6. The van der Waals surface area contributed by atoms with Gasteiger partial charge >= 0.3 is 6.61 Å². The third-order valence-corrected chi connectivity index (χ3v) is 4.75. The van der Waals surface area contributed by atoms with E-state index in [4.69, 9.17) is 5.26 Å². The highest BCUT2D eigenvalue weighted by Crippen LogP contribution is 2.33. The van der Waals surface area contributed by atoms with Crippen molar-refractivity contribution in [2.24, 2.45) is 0 Å². The van der Waals surface area contributed by atoms with Crippen molar-refractivity contribution in [3.8, 4) is 17.6 Å². The number of anilines is 1. The molecule has 4 aromatic rings. The number of nitrogens with one attached hydrogen (secondary N) is 1. The number of aromatic nitrogens is 6. The molecule has 0 spiro atoms. The minimum absolute atomic E-state index is 0.0672. The van der Waals surface area contributed by atoms with E-state index in [1.165, 1.54) is 29.6 Å². The number of hydrogen-bond acceptors (Lipinski definition) is 8. The maximum absolute atomic E-state index is 12.8. The lowest BCUT2D eigenvalue weighted by molar-refractivity contribution is -0.0489. The van der Waals surface area contributed by atoms with Gasteiger partial charge in [-0.25, -0.2) is 19.9 Å². The van der Waals surface area contributed by atoms with Gasteiger partial charge in [0, 0.05) is 16.1 Å². The lowest BCUT2D eigenvalue weighted by Gasteiger charge is -2.17. The zero-order chi connectivity index (χ0) is 22.0. The van der Waals surface area contributed by atoms with E-state index < -0.39 is 12.7 Å². The minimum Gasteiger partial charge on any atom is -0.432 e. The molecule has 0 aliphatic heterocycles. The molecule has 31 heavy (non-hydrogen) atoms. The van der Waals surface area contributed by atoms with Gasteiger partial charge in [-0.2, -0.15) is 23.8 Å². The summed E-state index contributed by atoms with van der Waals surface area (Å²) in [5, 5.41) is 16.8. The largest absolute Gasteiger partial charge is 0.432 e. The molecular formula is C19H13BrF2N8O. The maximum Gasteiger partial charge on any atom is 0.387 e. The van der Waals surface area contributed by atoms with Crippen LogP contribution in [0, 0.1) is 11.3 Å². The van der Waals surface area contributed by atoms with E-state index in [9.17, 15) is 8.78 Å². The number of halogens is 3. The van der Waals surface area contributed by atoms with Crippen molar-refractivity contribution in [1.29, 1.82) is 5.26 Å². The summed E-state index contributed by atoms with van der Waals surface area (Å²) in [6.07, 6.45) is 4.09. The zero-order valence-electron chi connectivity index (χ0n) is 15.9. The highest BCUT2D eigenvalue weighted by Gasteiger charge is 2.19. The first-order chi connectivity index (χ1) is 15.0. The first-order valence-corrected chi connectivity index (χ1v) is 9.67. The molecule has 1 unspecified atom stereocenters. The number of nitriles is 1. The molecule has 0 bridgehead atoms. The summed E-state index contributed by atoms with van der Waals surface area (Å²) in [7, 11) is 0. The van der Waals surface area contributed by atoms with Crippen LogP contribution in [0.15, 0.2) is 47.6 Å². The number of pyridine rings is 1. The van der Waals surface area contributed by atoms with Crippen LogP contribution in [0.1, 0.15) is 24.4 Å². The van der Waals surface area contributed by atoms with Gasteiger partial charge in [-0.05, 0) is 31.2 Å². The predicted molar refractivity (Wildman–Crippen MR) is 110 cm³/mol. The van der Waals surface area contributed by atoms with Gasteiger partial charge in [0.15, 0.2) is 17.4 Å². The number of alkyl halides is 2. The molecule has 9 nitrogen and oxygen atoms in total. The van der Waals surface area contributed by atoms with Crippen LogP contribution in [-0.4, -0.2) is 36.3 Å². The molecule has 0 fully saturated rings. The van der Waals surface area contributed by atoms with Crippen LogP contribution < -0.4 is 10.1 Å². The molecule has 4 rings (SSSR count). The topological polar surface area (TPSA) is 114 Å². The van der Waals surface area contributed by atoms with E-state index in [2.05, 4.69) is 51.0 Å². The van der Waals surface area contributed by atoms with Gasteiger partial charge in [0.1, 0.15) is 30.1 Å². The van der Waals surface area contributed by atoms with Crippen LogP contribution in [0.4, 0.5) is 14.6 Å². The van der Waals surface area contributed by atoms with Crippen LogP contribution >= 0.6 is 15.9 Å². The van der Waals surface area contributed by atoms with Crippen molar-refractivity contribution in [3.05, 3.63) is 59.0 Å². The second-order valence-electron chi connectivity index (χ2n) is 6.31. The first-order valence-electron chi connectivity index (χ1n) is 8.88. The Balaban J connectivity index is 1.68. The molecular weight excluding hydrogens is 474 g/mol. The summed E-state index contributed by atoms with van der Waals surface area (Å²) in [5.41, 5.74) is 0.667. The highest BCUT2D eigenvalue weighted by atomic mass is 79.9. The average molecular weight is 487 g/mol. The summed E-state index contributed by atoms with van der Waals surface area (Å²) in [6, 6.07) is 8.03. The standard InChI is InChI=1S/C19H13BrF2N8O/c1-10(18-27-9-28-30(18)15-3-2-11(6-23)7-24-15)29-17-13-4-12(20)5-14(31-19(21)22)16(13)25-8-26-17/h2-5,7-10,19H,1H3,(H,25,26,29). The molecule has 3 heterocycles. The van der Waals surface area contributed by atoms with Gasteiger partial charge in [0.05, 0.1) is 11.6 Å². The molecule has 0 saturated carbocycles. The molecule has 12 heteroatoms. The van der Waals surface area contributed by atoms with Gasteiger partial charge < -0.3 is 10.1 Å². The van der Waals surface area contributed by atoms with Crippen molar-refractivity contribution >= 4 is 32.7 Å². The van der Waals surface area contributed by atoms with Crippen molar-refractivity contribution in [2.75, 3.05) is 5.32 Å². The summed E-state index contributed by atoms with van der Waals surface area (Å²) >= 11 is 3.30. The molecule has 3 aromatic heterocycles. The van der Waals surface area contributed by atoms with Crippen LogP contribution in [0.3, 0.4) is 0 Å². The monoisotopic (exact) mass is 486 g/mol. The molecule has 1 aromatic carbocycles. The van der Waals surface area contributed by atoms with Gasteiger partial charge in [-0.15, -0.1) is 0 Å². The fraction of sp³-hybridized carbons (Fsp3) is 0.158. The lowest BCUT2D eigenvalue weighted by Crippen LogP contribution is -2.15. The third kappa shape index (κ3) is 4.26. The fourth-order valence-electron chi connectivity index (χ4n) is 2.97. The number of benzene rings is 1. The van der Waals surface area contributed by atoms with Crippen molar-refractivity contribution in [2.45, 2.75) is 19.6 Å². The van der Waals surface area contributed by atoms with Crippen LogP contribution in [-0.2, 0) is 0 Å². The molecule has 1 N–H and O–H groups in total. The summed E-state index contributed by atoms with van der Waals surface area (Å²) in [4.78, 5) is 16.9. The molecule has 0 amide bonds. The lowest BCUT2D eigenvalue weighted by atomic mass is 10.2. The quantitative estimate of drug-likeness (QED) is 0.434. The first kappa shape index (κ1) is 20.5. The highest BCUT2D eigenvalue weighted by molar-refractivity contribution is 9.10. The summed E-state index contributed by atoms with van der Waals surface area (Å²) in [5.74, 6) is 1.36. The van der Waals surface area contributed by atoms with Crippen LogP contribution in [0.25, 0.3) is 16.7 Å². The number of ether oxygens (including phenoxy) is 1. The zero-order valence-corrected chi connectivity index (χ0v) is 17.5. The van der Waals surface area contributed by atoms with E-state index in [1.807, 2.05) is 13.0 Å².